The molecule has 2 heterocycles. The average molecular weight is 293 g/mol. The van der Waals surface area contributed by atoms with Gasteiger partial charge < -0.3 is 9.47 Å². The average Bonchev–Trinajstić information content (AvgIpc) is 3.00. The van der Waals surface area contributed by atoms with E-state index >= 15 is 0 Å². The highest BCUT2D eigenvalue weighted by Gasteiger charge is 2.24. The molecular weight excluding hydrogens is 276 g/mol. The van der Waals surface area contributed by atoms with Gasteiger partial charge in [0.2, 0.25) is 12.4 Å². The van der Waals surface area contributed by atoms with Crippen molar-refractivity contribution in [3.8, 4) is 11.5 Å². The molecule has 4 heteroatoms. The third-order valence-corrected chi connectivity index (χ3v) is 4.10. The molecular formula is C18H17N2O2+. The Kier molecular flexibility index (Phi) is 2.89. The second-order valence-corrected chi connectivity index (χ2v) is 5.32. The van der Waals surface area contributed by atoms with Crippen LogP contribution >= 0.6 is 0 Å². The van der Waals surface area contributed by atoms with E-state index in [1.807, 2.05) is 12.1 Å². The van der Waals surface area contributed by atoms with E-state index in [-0.39, 0.29) is 0 Å². The zero-order valence-corrected chi connectivity index (χ0v) is 12.6. The molecule has 1 aliphatic heterocycles. The molecule has 2 aromatic carbocycles. The number of aromatic nitrogens is 1. The van der Waals surface area contributed by atoms with Crippen molar-refractivity contribution < 1.29 is 14.0 Å². The Morgan fingerprint density at radius 3 is 2.59 bits per heavy atom. The summed E-state index contributed by atoms with van der Waals surface area (Å²) in [5.74, 6) is 1.55. The predicted molar refractivity (Wildman–Crippen MR) is 86.6 cm³/mol. The van der Waals surface area contributed by atoms with Crippen molar-refractivity contribution in [1.29, 1.82) is 0 Å². The van der Waals surface area contributed by atoms with Crippen LogP contribution in [0.3, 0.4) is 0 Å². The molecule has 1 aliphatic rings. The number of hydrogen-bond donors (Lipinski definition) is 0. The van der Waals surface area contributed by atoms with E-state index in [4.69, 9.17) is 9.47 Å². The van der Waals surface area contributed by atoms with Crippen LogP contribution in [0.4, 0.5) is 5.69 Å². The van der Waals surface area contributed by atoms with Gasteiger partial charge in [-0.15, -0.1) is 0 Å². The van der Waals surface area contributed by atoms with Gasteiger partial charge in [0.1, 0.15) is 0 Å². The molecule has 0 bridgehead atoms. The molecule has 3 aromatic rings. The normalized spacial score (nSPS) is 13.1. The molecule has 0 N–H and O–H groups in total. The molecule has 0 fully saturated rings. The summed E-state index contributed by atoms with van der Waals surface area (Å²) in [6.07, 6.45) is 4.26. The lowest BCUT2D eigenvalue weighted by molar-refractivity contribution is -0.471. The molecule has 22 heavy (non-hydrogen) atoms. The number of rotatable bonds is 3. The summed E-state index contributed by atoms with van der Waals surface area (Å²) in [5, 5.41) is 1.08. The first-order chi connectivity index (χ1) is 10.8. The van der Waals surface area contributed by atoms with E-state index < -0.39 is 0 Å². The molecule has 0 spiro atoms. The molecule has 0 amide bonds. The first-order valence-corrected chi connectivity index (χ1v) is 7.22. The summed E-state index contributed by atoms with van der Waals surface area (Å²) in [6, 6.07) is 14.5. The molecule has 1 aromatic heterocycles. The highest BCUT2D eigenvalue weighted by Crippen LogP contribution is 2.39. The molecule has 0 saturated carbocycles. The molecule has 4 nitrogen and oxygen atoms in total. The van der Waals surface area contributed by atoms with E-state index in [1.54, 1.807) is 14.2 Å². The number of nitrogens with zero attached hydrogens (tertiary/aromatic N) is 2. The van der Waals surface area contributed by atoms with Gasteiger partial charge >= 0.3 is 0 Å². The van der Waals surface area contributed by atoms with E-state index in [0.717, 1.165) is 29.1 Å². The van der Waals surface area contributed by atoms with Gasteiger partial charge in [0.25, 0.3) is 0 Å². The lowest BCUT2D eigenvalue weighted by atomic mass is 10.1. The van der Waals surface area contributed by atoms with Crippen LogP contribution in [0.5, 0.6) is 11.5 Å². The monoisotopic (exact) mass is 293 g/mol. The Balaban J connectivity index is 1.96. The van der Waals surface area contributed by atoms with Gasteiger partial charge in [-0.05, 0) is 12.1 Å². The van der Waals surface area contributed by atoms with E-state index in [9.17, 15) is 0 Å². The molecule has 4 rings (SSSR count). The molecule has 0 saturated heterocycles. The van der Waals surface area contributed by atoms with Gasteiger partial charge in [0.05, 0.1) is 25.3 Å². The second-order valence-electron chi connectivity index (χ2n) is 5.32. The SMILES string of the molecule is COc1cc2c3c(ccn3C[N+](c3ccccc3)=C2)c1OC. The van der Waals surface area contributed by atoms with Gasteiger partial charge in [-0.2, -0.15) is 4.58 Å². The second kappa shape index (κ2) is 4.91. The van der Waals surface area contributed by atoms with Crippen LogP contribution in [-0.2, 0) is 6.67 Å². The molecule has 0 atom stereocenters. The standard InChI is InChI=1S/C18H17N2O2/c1-21-16-10-13-11-20(14-6-4-3-5-7-14)12-19-9-8-15(17(13)19)18(16)22-2/h3-11H,12H2,1-2H3/q+1. The number of benzene rings is 2. The third-order valence-electron chi connectivity index (χ3n) is 4.10. The zero-order valence-electron chi connectivity index (χ0n) is 12.6. The summed E-state index contributed by atoms with van der Waals surface area (Å²) < 4.78 is 15.5. The fraction of sp³-hybridized carbons (Fsp3) is 0.167. The molecule has 0 radical (unpaired) electrons. The molecule has 0 unspecified atom stereocenters. The maximum Gasteiger partial charge on any atom is 0.228 e. The van der Waals surface area contributed by atoms with Gasteiger partial charge in [-0.3, -0.25) is 4.57 Å². The van der Waals surface area contributed by atoms with Crippen LogP contribution < -0.4 is 9.47 Å². The van der Waals surface area contributed by atoms with Crippen molar-refractivity contribution in [2.45, 2.75) is 6.67 Å². The van der Waals surface area contributed by atoms with E-state index in [1.165, 1.54) is 11.2 Å². The largest absolute Gasteiger partial charge is 0.493 e. The summed E-state index contributed by atoms with van der Waals surface area (Å²) in [7, 11) is 3.35. The fourth-order valence-electron chi connectivity index (χ4n) is 3.11. The highest BCUT2D eigenvalue weighted by molar-refractivity contribution is 6.02. The Bertz CT molecular complexity index is 879. The summed E-state index contributed by atoms with van der Waals surface area (Å²) in [4.78, 5) is 0. The van der Waals surface area contributed by atoms with Crippen molar-refractivity contribution in [3.63, 3.8) is 0 Å². The smallest absolute Gasteiger partial charge is 0.228 e. The van der Waals surface area contributed by atoms with Crippen molar-refractivity contribution in [2.75, 3.05) is 14.2 Å². The highest BCUT2D eigenvalue weighted by atomic mass is 16.5. The minimum atomic E-state index is 0.758. The van der Waals surface area contributed by atoms with Gasteiger partial charge in [-0.25, -0.2) is 0 Å². The summed E-state index contributed by atoms with van der Waals surface area (Å²) in [5.41, 5.74) is 3.49. The van der Waals surface area contributed by atoms with Gasteiger partial charge in [0.15, 0.2) is 17.7 Å². The Labute approximate surface area is 128 Å². The maximum atomic E-state index is 5.53. The van der Waals surface area contributed by atoms with Crippen LogP contribution in [0.25, 0.3) is 10.9 Å². The first kappa shape index (κ1) is 13.0. The Morgan fingerprint density at radius 1 is 1.05 bits per heavy atom. The predicted octanol–water partition coefficient (Wildman–Crippen LogP) is 3.39. The summed E-state index contributed by atoms with van der Waals surface area (Å²) >= 11 is 0. The number of hydrogen-bond acceptors (Lipinski definition) is 2. The molecule has 110 valence electrons. The van der Waals surface area contributed by atoms with Crippen LogP contribution in [0.15, 0.2) is 48.7 Å². The Hall–Kier alpha value is -2.75. The third kappa shape index (κ3) is 1.80. The number of methoxy groups -OCH3 is 2. The lowest BCUT2D eigenvalue weighted by Gasteiger charge is -2.15. The van der Waals surface area contributed by atoms with Crippen LogP contribution in [0.1, 0.15) is 5.56 Å². The first-order valence-electron chi connectivity index (χ1n) is 7.22. The van der Waals surface area contributed by atoms with E-state index in [0.29, 0.717) is 0 Å². The zero-order chi connectivity index (χ0) is 15.1. The maximum absolute atomic E-state index is 5.53. The quantitative estimate of drug-likeness (QED) is 0.692. The van der Waals surface area contributed by atoms with Crippen LogP contribution in [-0.4, -0.2) is 29.6 Å². The van der Waals surface area contributed by atoms with Crippen molar-refractivity contribution in [3.05, 3.63) is 54.2 Å². The minimum Gasteiger partial charge on any atom is -0.493 e. The minimum absolute atomic E-state index is 0.758. The topological polar surface area (TPSA) is 26.4 Å². The fourth-order valence-corrected chi connectivity index (χ4v) is 3.11. The van der Waals surface area contributed by atoms with Gasteiger partial charge in [-0.1, -0.05) is 18.2 Å². The Morgan fingerprint density at radius 2 is 1.86 bits per heavy atom. The van der Waals surface area contributed by atoms with E-state index in [2.05, 4.69) is 51.9 Å². The van der Waals surface area contributed by atoms with Crippen LogP contribution in [0.2, 0.25) is 0 Å². The van der Waals surface area contributed by atoms with Crippen molar-refractivity contribution in [2.24, 2.45) is 0 Å². The summed E-state index contributed by atoms with van der Waals surface area (Å²) in [6.45, 7) is 0.788. The number of ether oxygens (including phenoxy) is 2. The molecule has 0 aliphatic carbocycles. The van der Waals surface area contributed by atoms with Crippen molar-refractivity contribution in [1.82, 2.24) is 4.57 Å². The van der Waals surface area contributed by atoms with Crippen molar-refractivity contribution >= 4 is 22.8 Å². The van der Waals surface area contributed by atoms with Gasteiger partial charge in [0, 0.05) is 23.7 Å². The number of para-hydroxylation sites is 1. The lowest BCUT2D eigenvalue weighted by Crippen LogP contribution is -2.18. The van der Waals surface area contributed by atoms with Crippen LogP contribution in [0, 0.1) is 0 Å².